The van der Waals surface area contributed by atoms with Crippen LogP contribution in [0.25, 0.3) is 0 Å². The van der Waals surface area contributed by atoms with Crippen LogP contribution in [0.5, 0.6) is 0 Å². The van der Waals surface area contributed by atoms with Gasteiger partial charge in [-0.2, -0.15) is 18.2 Å². The van der Waals surface area contributed by atoms with Gasteiger partial charge in [-0.3, -0.25) is 4.57 Å². The molecular formula is C13H18F3N3O5. The largest absolute Gasteiger partial charge is 0.394 e. The molecule has 0 aromatic carbocycles. The number of aliphatic hydroxyl groups excluding tert-OH is 3. The Labute approximate surface area is 134 Å². The van der Waals surface area contributed by atoms with Crippen LogP contribution < -0.4 is 11.4 Å². The normalized spacial score (nSPS) is 27.6. The highest BCUT2D eigenvalue weighted by atomic mass is 19.4. The third-order valence-corrected chi connectivity index (χ3v) is 3.76. The second-order valence-electron chi connectivity index (χ2n) is 5.54. The molecule has 0 bridgehead atoms. The molecule has 1 aliphatic heterocycles. The number of hydrogen-bond donors (Lipinski definition) is 4. The van der Waals surface area contributed by atoms with E-state index in [4.69, 9.17) is 15.6 Å². The summed E-state index contributed by atoms with van der Waals surface area (Å²) in [6.07, 6.45) is -9.83. The summed E-state index contributed by atoms with van der Waals surface area (Å²) in [7, 11) is 0. The molecule has 2 rings (SSSR count). The van der Waals surface area contributed by atoms with Gasteiger partial charge in [0.25, 0.3) is 0 Å². The Kier molecular flexibility index (Phi) is 5.48. The summed E-state index contributed by atoms with van der Waals surface area (Å²) < 4.78 is 42.7. The monoisotopic (exact) mass is 353 g/mol. The molecule has 24 heavy (non-hydrogen) atoms. The van der Waals surface area contributed by atoms with Crippen molar-refractivity contribution in [1.29, 1.82) is 0 Å². The third kappa shape index (κ3) is 4.04. The molecule has 8 nitrogen and oxygen atoms in total. The maximum absolute atomic E-state index is 12.2. The lowest BCUT2D eigenvalue weighted by atomic mass is 10.1. The van der Waals surface area contributed by atoms with Gasteiger partial charge in [-0.1, -0.05) is 0 Å². The number of hydrogen-bond acceptors (Lipinski definition) is 7. The van der Waals surface area contributed by atoms with Crippen molar-refractivity contribution in [2.24, 2.45) is 0 Å². The van der Waals surface area contributed by atoms with Crippen molar-refractivity contribution >= 4 is 5.82 Å². The van der Waals surface area contributed by atoms with Gasteiger partial charge in [0.2, 0.25) is 0 Å². The second kappa shape index (κ2) is 7.05. The number of rotatable bonds is 5. The molecule has 0 saturated carbocycles. The van der Waals surface area contributed by atoms with Gasteiger partial charge in [0.15, 0.2) is 6.23 Å². The molecule has 1 aromatic heterocycles. The van der Waals surface area contributed by atoms with Crippen LogP contribution in [0.2, 0.25) is 0 Å². The van der Waals surface area contributed by atoms with Gasteiger partial charge in [0, 0.05) is 18.2 Å². The Balaban J connectivity index is 2.22. The molecule has 2 unspecified atom stereocenters. The van der Waals surface area contributed by atoms with Crippen LogP contribution in [0, 0.1) is 0 Å². The molecule has 5 N–H and O–H groups in total. The number of nitrogens with zero attached hydrogens (tertiary/aromatic N) is 2. The number of anilines is 1. The van der Waals surface area contributed by atoms with Gasteiger partial charge in [-0.05, 0) is 12.8 Å². The Morgan fingerprint density at radius 3 is 2.54 bits per heavy atom. The van der Waals surface area contributed by atoms with E-state index in [2.05, 4.69) is 4.98 Å². The zero-order valence-electron chi connectivity index (χ0n) is 12.5. The van der Waals surface area contributed by atoms with Crippen LogP contribution in [0.4, 0.5) is 19.0 Å². The van der Waals surface area contributed by atoms with Gasteiger partial charge in [0.05, 0.1) is 6.61 Å². The molecule has 4 atom stereocenters. The number of aliphatic hydroxyl groups is 3. The molecule has 11 heteroatoms. The Hall–Kier alpha value is -1.69. The number of alkyl halides is 3. The third-order valence-electron chi connectivity index (χ3n) is 3.76. The number of aryl methyl sites for hydroxylation is 1. The topological polar surface area (TPSA) is 131 Å². The summed E-state index contributed by atoms with van der Waals surface area (Å²) in [5.41, 5.74) is 4.86. The minimum atomic E-state index is -4.31. The van der Waals surface area contributed by atoms with E-state index in [0.29, 0.717) is 0 Å². The molecule has 1 fully saturated rings. The lowest BCUT2D eigenvalue weighted by Crippen LogP contribution is -2.36. The first-order chi connectivity index (χ1) is 11.1. The lowest BCUT2D eigenvalue weighted by molar-refractivity contribution is -0.135. The van der Waals surface area contributed by atoms with Crippen LogP contribution in [-0.4, -0.2) is 56.0 Å². The number of ether oxygens (including phenoxy) is 1. The standard InChI is InChI=1S/C13H18F3N3O5/c14-13(15,16)3-1-2-6-4-19(12(23)18-10(6)17)11-9(22)8(21)7(5-20)24-11/h4,7-9,11,20-22H,1-3,5H2,(H2,17,18,23)/t7-,8?,9?,11-/m1/s1. The molecule has 1 aliphatic rings. The number of nitrogens with two attached hydrogens (primary N) is 1. The SMILES string of the molecule is Nc1nc(=O)n([C@@H]2O[C@H](CO)C(O)C2O)cc1CCCC(F)(F)F. The van der Waals surface area contributed by atoms with Crippen LogP contribution in [0.15, 0.2) is 11.0 Å². The molecule has 1 aromatic rings. The van der Waals surface area contributed by atoms with Crippen LogP contribution in [-0.2, 0) is 11.2 Å². The van der Waals surface area contributed by atoms with E-state index in [1.165, 1.54) is 0 Å². The van der Waals surface area contributed by atoms with Gasteiger partial charge in [-0.25, -0.2) is 4.79 Å². The lowest BCUT2D eigenvalue weighted by Gasteiger charge is -2.18. The van der Waals surface area contributed by atoms with Gasteiger partial charge >= 0.3 is 11.9 Å². The van der Waals surface area contributed by atoms with Gasteiger partial charge in [0.1, 0.15) is 24.1 Å². The number of nitrogen functional groups attached to an aromatic ring is 1. The fraction of sp³-hybridized carbons (Fsp3) is 0.692. The van der Waals surface area contributed by atoms with Crippen molar-refractivity contribution < 1.29 is 33.2 Å². The van der Waals surface area contributed by atoms with E-state index in [0.717, 1.165) is 10.8 Å². The number of halogens is 3. The Bertz CT molecular complexity index is 636. The molecule has 136 valence electrons. The first-order valence-electron chi connectivity index (χ1n) is 7.21. The highest BCUT2D eigenvalue weighted by Crippen LogP contribution is 2.29. The highest BCUT2D eigenvalue weighted by molar-refractivity contribution is 5.36. The van der Waals surface area contributed by atoms with Crippen molar-refractivity contribution in [2.75, 3.05) is 12.3 Å². The summed E-state index contributed by atoms with van der Waals surface area (Å²) in [6.45, 7) is -0.579. The predicted molar refractivity (Wildman–Crippen MR) is 74.9 cm³/mol. The predicted octanol–water partition coefficient (Wildman–Crippen LogP) is -0.678. The number of aromatic nitrogens is 2. The summed E-state index contributed by atoms with van der Waals surface area (Å²) in [5, 5.41) is 28.7. The molecule has 0 radical (unpaired) electrons. The molecule has 1 saturated heterocycles. The van der Waals surface area contributed by atoms with E-state index in [-0.39, 0.29) is 24.2 Å². The van der Waals surface area contributed by atoms with E-state index < -0.39 is 49.4 Å². The second-order valence-corrected chi connectivity index (χ2v) is 5.54. The fourth-order valence-electron chi connectivity index (χ4n) is 2.49. The van der Waals surface area contributed by atoms with Crippen molar-refractivity contribution in [3.8, 4) is 0 Å². The van der Waals surface area contributed by atoms with Gasteiger partial charge < -0.3 is 25.8 Å². The van der Waals surface area contributed by atoms with E-state index in [9.17, 15) is 28.2 Å². The molecule has 0 aliphatic carbocycles. The van der Waals surface area contributed by atoms with Crippen LogP contribution in [0.3, 0.4) is 0 Å². The minimum absolute atomic E-state index is 0.0760. The van der Waals surface area contributed by atoms with Crippen molar-refractivity contribution in [3.63, 3.8) is 0 Å². The molecule has 2 heterocycles. The van der Waals surface area contributed by atoms with E-state index >= 15 is 0 Å². The Morgan fingerprint density at radius 1 is 1.33 bits per heavy atom. The van der Waals surface area contributed by atoms with Crippen molar-refractivity contribution in [1.82, 2.24) is 9.55 Å². The summed E-state index contributed by atoms with van der Waals surface area (Å²) in [6, 6.07) is 0. The van der Waals surface area contributed by atoms with Gasteiger partial charge in [-0.15, -0.1) is 0 Å². The van der Waals surface area contributed by atoms with Crippen LogP contribution >= 0.6 is 0 Å². The van der Waals surface area contributed by atoms with E-state index in [1.54, 1.807) is 0 Å². The zero-order chi connectivity index (χ0) is 18.1. The van der Waals surface area contributed by atoms with Crippen molar-refractivity contribution in [3.05, 3.63) is 22.2 Å². The molecular weight excluding hydrogens is 335 g/mol. The summed E-state index contributed by atoms with van der Waals surface area (Å²) in [5.74, 6) is -0.204. The van der Waals surface area contributed by atoms with Crippen molar-refractivity contribution in [2.45, 2.75) is 50.0 Å². The average Bonchev–Trinajstić information content (AvgIpc) is 2.76. The highest BCUT2D eigenvalue weighted by Gasteiger charge is 2.43. The first-order valence-corrected chi connectivity index (χ1v) is 7.21. The maximum Gasteiger partial charge on any atom is 0.389 e. The summed E-state index contributed by atoms with van der Waals surface area (Å²) >= 11 is 0. The smallest absolute Gasteiger partial charge is 0.389 e. The zero-order valence-corrected chi connectivity index (χ0v) is 12.5. The molecule has 0 amide bonds. The van der Waals surface area contributed by atoms with E-state index in [1.807, 2.05) is 0 Å². The average molecular weight is 353 g/mol. The summed E-state index contributed by atoms with van der Waals surface area (Å²) in [4.78, 5) is 15.4. The molecule has 0 spiro atoms. The minimum Gasteiger partial charge on any atom is -0.394 e. The quantitative estimate of drug-likeness (QED) is 0.552. The maximum atomic E-state index is 12.2. The fourth-order valence-corrected chi connectivity index (χ4v) is 2.49. The van der Waals surface area contributed by atoms with Crippen LogP contribution in [0.1, 0.15) is 24.6 Å². The Morgan fingerprint density at radius 2 is 2.00 bits per heavy atom. The first kappa shape index (κ1) is 18.6.